The second-order valence-electron chi connectivity index (χ2n) is 4.39. The van der Waals surface area contributed by atoms with Gasteiger partial charge in [0.05, 0.1) is 0 Å². The second-order valence-corrected chi connectivity index (χ2v) is 4.39. The average Bonchev–Trinajstić information content (AvgIpc) is 2.24. The highest BCUT2D eigenvalue weighted by Crippen LogP contribution is 2.43. The molecule has 0 aliphatic rings. The largest absolute Gasteiger partial charge is 0.330 e. The van der Waals surface area contributed by atoms with Gasteiger partial charge in [-0.1, -0.05) is 27.7 Å². The fourth-order valence-electron chi connectivity index (χ4n) is 2.83. The van der Waals surface area contributed by atoms with E-state index in [0.29, 0.717) is 0 Å². The van der Waals surface area contributed by atoms with Crippen molar-refractivity contribution >= 4 is 0 Å². The van der Waals surface area contributed by atoms with Crippen molar-refractivity contribution in [1.82, 2.24) is 0 Å². The highest BCUT2D eigenvalue weighted by Gasteiger charge is 2.42. The molecule has 0 aliphatic carbocycles. The van der Waals surface area contributed by atoms with Crippen LogP contribution in [-0.2, 0) is 0 Å². The lowest BCUT2D eigenvalue weighted by atomic mass is 9.62. The van der Waals surface area contributed by atoms with E-state index in [-0.39, 0.29) is 11.0 Å². The first-order valence-corrected chi connectivity index (χ1v) is 6.04. The molecule has 2 heteroatoms. The zero-order valence-electron chi connectivity index (χ0n) is 10.4. The molecule has 0 saturated heterocycles. The standard InChI is InChI=1S/C12H28N2/c1-5-11(6-2,9-10-13)12(14,7-3)8-4/h5-10,13-14H2,1-4H3. The van der Waals surface area contributed by atoms with E-state index in [1.807, 2.05) is 0 Å². The maximum absolute atomic E-state index is 6.53. The van der Waals surface area contributed by atoms with Crippen molar-refractivity contribution in [2.45, 2.75) is 65.3 Å². The summed E-state index contributed by atoms with van der Waals surface area (Å²) in [7, 11) is 0. The third-order valence-corrected chi connectivity index (χ3v) is 4.29. The van der Waals surface area contributed by atoms with Crippen LogP contribution in [0.25, 0.3) is 0 Å². The molecule has 0 amide bonds. The van der Waals surface area contributed by atoms with E-state index in [1.54, 1.807) is 0 Å². The summed E-state index contributed by atoms with van der Waals surface area (Å²) in [5.74, 6) is 0. The highest BCUT2D eigenvalue weighted by molar-refractivity contribution is 4.99. The lowest BCUT2D eigenvalue weighted by molar-refractivity contribution is 0.0865. The van der Waals surface area contributed by atoms with Crippen molar-refractivity contribution in [3.63, 3.8) is 0 Å². The Morgan fingerprint density at radius 2 is 1.29 bits per heavy atom. The molecular weight excluding hydrogens is 172 g/mol. The Morgan fingerprint density at radius 1 is 0.857 bits per heavy atom. The predicted octanol–water partition coefficient (Wildman–Crippen LogP) is 2.66. The quantitative estimate of drug-likeness (QED) is 0.664. The van der Waals surface area contributed by atoms with Crippen LogP contribution < -0.4 is 11.5 Å². The molecule has 14 heavy (non-hydrogen) atoms. The normalized spacial score (nSPS) is 13.3. The number of hydrogen-bond acceptors (Lipinski definition) is 2. The second kappa shape index (κ2) is 5.72. The van der Waals surface area contributed by atoms with Crippen molar-refractivity contribution in [2.75, 3.05) is 6.54 Å². The van der Waals surface area contributed by atoms with Gasteiger partial charge in [0.15, 0.2) is 0 Å². The number of nitrogens with two attached hydrogens (primary N) is 2. The first-order chi connectivity index (χ1) is 6.55. The summed E-state index contributed by atoms with van der Waals surface area (Å²) < 4.78 is 0. The summed E-state index contributed by atoms with van der Waals surface area (Å²) >= 11 is 0. The maximum Gasteiger partial charge on any atom is 0.0206 e. The Hall–Kier alpha value is -0.0800. The zero-order chi connectivity index (χ0) is 11.2. The Balaban J connectivity index is 4.92. The summed E-state index contributed by atoms with van der Waals surface area (Å²) in [5, 5.41) is 0. The van der Waals surface area contributed by atoms with E-state index < -0.39 is 0 Å². The molecule has 0 unspecified atom stereocenters. The first kappa shape index (κ1) is 13.9. The number of rotatable bonds is 7. The van der Waals surface area contributed by atoms with Gasteiger partial charge in [0, 0.05) is 5.54 Å². The van der Waals surface area contributed by atoms with Crippen LogP contribution in [0.3, 0.4) is 0 Å². The summed E-state index contributed by atoms with van der Waals surface area (Å²) in [4.78, 5) is 0. The minimum absolute atomic E-state index is 0.0319. The van der Waals surface area contributed by atoms with Crippen molar-refractivity contribution in [1.29, 1.82) is 0 Å². The topological polar surface area (TPSA) is 52.0 Å². The van der Waals surface area contributed by atoms with Crippen LogP contribution in [0.15, 0.2) is 0 Å². The van der Waals surface area contributed by atoms with Crippen molar-refractivity contribution in [3.8, 4) is 0 Å². The van der Waals surface area contributed by atoms with E-state index >= 15 is 0 Å². The molecule has 0 atom stereocenters. The summed E-state index contributed by atoms with van der Waals surface area (Å²) in [6, 6.07) is 0. The van der Waals surface area contributed by atoms with Crippen LogP contribution in [-0.4, -0.2) is 12.1 Å². The van der Waals surface area contributed by atoms with Crippen LogP contribution >= 0.6 is 0 Å². The summed E-state index contributed by atoms with van der Waals surface area (Å²) in [6.45, 7) is 9.62. The molecule has 2 nitrogen and oxygen atoms in total. The van der Waals surface area contributed by atoms with Crippen molar-refractivity contribution in [3.05, 3.63) is 0 Å². The van der Waals surface area contributed by atoms with E-state index in [2.05, 4.69) is 27.7 Å². The van der Waals surface area contributed by atoms with Crippen LogP contribution in [0.1, 0.15) is 59.8 Å². The minimum atomic E-state index is -0.0319. The molecule has 0 fully saturated rings. The molecular formula is C12H28N2. The van der Waals surface area contributed by atoms with E-state index in [9.17, 15) is 0 Å². The van der Waals surface area contributed by atoms with Gasteiger partial charge < -0.3 is 11.5 Å². The fraction of sp³-hybridized carbons (Fsp3) is 1.00. The van der Waals surface area contributed by atoms with Gasteiger partial charge in [-0.25, -0.2) is 0 Å². The van der Waals surface area contributed by atoms with Gasteiger partial charge in [0.2, 0.25) is 0 Å². The Morgan fingerprint density at radius 3 is 1.50 bits per heavy atom. The lowest BCUT2D eigenvalue weighted by Gasteiger charge is -2.47. The monoisotopic (exact) mass is 200 g/mol. The molecule has 0 saturated carbocycles. The summed E-state index contributed by atoms with van der Waals surface area (Å²) in [5.41, 5.74) is 12.5. The van der Waals surface area contributed by atoms with Crippen molar-refractivity contribution in [2.24, 2.45) is 16.9 Å². The lowest BCUT2D eigenvalue weighted by Crippen LogP contribution is -2.55. The maximum atomic E-state index is 6.53. The zero-order valence-corrected chi connectivity index (χ0v) is 10.4. The van der Waals surface area contributed by atoms with Crippen LogP contribution in [0, 0.1) is 5.41 Å². The molecule has 0 aliphatic heterocycles. The Labute approximate surface area is 89.4 Å². The SMILES string of the molecule is CCC(N)(CC)C(CC)(CC)CCN. The van der Waals surface area contributed by atoms with Gasteiger partial charge in [0.25, 0.3) is 0 Å². The van der Waals surface area contributed by atoms with Crippen molar-refractivity contribution < 1.29 is 0 Å². The molecule has 0 spiro atoms. The van der Waals surface area contributed by atoms with Crippen LogP contribution in [0.2, 0.25) is 0 Å². The van der Waals surface area contributed by atoms with Gasteiger partial charge in [-0.3, -0.25) is 0 Å². The van der Waals surface area contributed by atoms with E-state index in [1.165, 1.54) is 0 Å². The predicted molar refractivity (Wildman–Crippen MR) is 64.2 cm³/mol. The fourth-order valence-corrected chi connectivity index (χ4v) is 2.83. The highest BCUT2D eigenvalue weighted by atomic mass is 14.8. The molecule has 0 aromatic rings. The smallest absolute Gasteiger partial charge is 0.0206 e. The molecule has 0 aromatic carbocycles. The van der Waals surface area contributed by atoms with Gasteiger partial charge in [-0.15, -0.1) is 0 Å². The molecule has 0 heterocycles. The molecule has 86 valence electrons. The van der Waals surface area contributed by atoms with Gasteiger partial charge >= 0.3 is 0 Å². The molecule has 0 bridgehead atoms. The van der Waals surface area contributed by atoms with Gasteiger partial charge in [-0.2, -0.15) is 0 Å². The molecule has 0 aromatic heterocycles. The third kappa shape index (κ3) is 2.29. The average molecular weight is 200 g/mol. The van der Waals surface area contributed by atoms with Gasteiger partial charge in [-0.05, 0) is 44.1 Å². The molecule has 4 N–H and O–H groups in total. The molecule has 0 rings (SSSR count). The summed E-state index contributed by atoms with van der Waals surface area (Å²) in [6.07, 6.45) is 5.42. The van der Waals surface area contributed by atoms with E-state index in [0.717, 1.165) is 38.6 Å². The third-order valence-electron chi connectivity index (χ3n) is 4.29. The Kier molecular flexibility index (Phi) is 5.68. The minimum Gasteiger partial charge on any atom is -0.330 e. The first-order valence-electron chi connectivity index (χ1n) is 6.04. The van der Waals surface area contributed by atoms with Gasteiger partial charge in [0.1, 0.15) is 0 Å². The van der Waals surface area contributed by atoms with E-state index in [4.69, 9.17) is 11.5 Å². The number of hydrogen-bond donors (Lipinski definition) is 2. The van der Waals surface area contributed by atoms with Crippen LogP contribution in [0.4, 0.5) is 0 Å². The molecule has 0 radical (unpaired) electrons. The van der Waals surface area contributed by atoms with Crippen LogP contribution in [0.5, 0.6) is 0 Å². The Bertz CT molecular complexity index is 146.